The minimum Gasteiger partial charge on any atom is -0.446 e. The molecule has 0 spiro atoms. The van der Waals surface area contributed by atoms with Crippen molar-refractivity contribution in [3.63, 3.8) is 0 Å². The predicted octanol–water partition coefficient (Wildman–Crippen LogP) is 3.45. The Kier molecular flexibility index (Phi) is 4.71. The minimum absolute atomic E-state index is 0.184. The quantitative estimate of drug-likeness (QED) is 0.821. The second-order valence-electron chi connectivity index (χ2n) is 3.33. The molecule has 88 valence electrons. The number of ether oxygens (including phenoxy) is 1. The Balaban J connectivity index is 2.54. The highest BCUT2D eigenvalue weighted by Gasteiger charge is 2.05. The Morgan fingerprint density at radius 2 is 2.06 bits per heavy atom. The van der Waals surface area contributed by atoms with Gasteiger partial charge in [-0.05, 0) is 32.0 Å². The Hall–Kier alpha value is -1.13. The van der Waals surface area contributed by atoms with Gasteiger partial charge in [-0.25, -0.2) is 10.2 Å². The van der Waals surface area contributed by atoms with Gasteiger partial charge in [0.1, 0.15) is 0 Å². The van der Waals surface area contributed by atoms with Gasteiger partial charge >= 0.3 is 6.09 Å². The van der Waals surface area contributed by atoms with Crippen molar-refractivity contribution in [1.82, 2.24) is 5.43 Å². The zero-order chi connectivity index (χ0) is 12.1. The van der Waals surface area contributed by atoms with E-state index in [0.717, 1.165) is 0 Å². The van der Waals surface area contributed by atoms with Crippen molar-refractivity contribution in [2.75, 3.05) is 5.43 Å². The van der Waals surface area contributed by atoms with Gasteiger partial charge in [0.25, 0.3) is 0 Å². The molecule has 6 heteroatoms. The molecule has 0 aliphatic carbocycles. The molecule has 1 amide bonds. The minimum atomic E-state index is -0.578. The zero-order valence-electron chi connectivity index (χ0n) is 8.88. The highest BCUT2D eigenvalue weighted by molar-refractivity contribution is 6.35. The Morgan fingerprint density at radius 1 is 1.38 bits per heavy atom. The first kappa shape index (κ1) is 12.9. The largest absolute Gasteiger partial charge is 0.446 e. The van der Waals surface area contributed by atoms with Crippen LogP contribution in [-0.4, -0.2) is 12.2 Å². The molecule has 0 aliphatic heterocycles. The normalized spacial score (nSPS) is 10.1. The average Bonchev–Trinajstić information content (AvgIpc) is 2.18. The van der Waals surface area contributed by atoms with Gasteiger partial charge in [0.15, 0.2) is 0 Å². The van der Waals surface area contributed by atoms with E-state index in [9.17, 15) is 4.79 Å². The maximum atomic E-state index is 11.2. The van der Waals surface area contributed by atoms with E-state index >= 15 is 0 Å². The molecule has 1 aromatic rings. The number of halogens is 2. The molecule has 0 saturated carbocycles. The van der Waals surface area contributed by atoms with Gasteiger partial charge in [-0.1, -0.05) is 23.2 Å². The first-order chi connectivity index (χ1) is 7.49. The number of hydrogen-bond donors (Lipinski definition) is 2. The molecule has 16 heavy (non-hydrogen) atoms. The van der Waals surface area contributed by atoms with Crippen LogP contribution in [0.25, 0.3) is 0 Å². The van der Waals surface area contributed by atoms with Crippen LogP contribution >= 0.6 is 23.2 Å². The molecular weight excluding hydrogens is 251 g/mol. The number of anilines is 1. The van der Waals surface area contributed by atoms with E-state index in [1.54, 1.807) is 32.0 Å². The third-order valence-electron chi connectivity index (χ3n) is 1.57. The van der Waals surface area contributed by atoms with Crippen LogP contribution in [0.3, 0.4) is 0 Å². The molecule has 1 aromatic carbocycles. The van der Waals surface area contributed by atoms with Crippen molar-refractivity contribution < 1.29 is 9.53 Å². The standard InChI is InChI=1S/C10H12Cl2N2O2/c1-6(2)16-10(15)14-13-9-5-7(11)3-4-8(9)12/h3-6,13H,1-2H3,(H,14,15). The lowest BCUT2D eigenvalue weighted by Crippen LogP contribution is -2.31. The van der Waals surface area contributed by atoms with Crippen LogP contribution < -0.4 is 10.9 Å². The van der Waals surface area contributed by atoms with Gasteiger partial charge in [0.2, 0.25) is 0 Å². The lowest BCUT2D eigenvalue weighted by Gasteiger charge is -2.12. The summed E-state index contributed by atoms with van der Waals surface area (Å²) in [5.41, 5.74) is 5.47. The number of benzene rings is 1. The first-order valence-electron chi connectivity index (χ1n) is 4.66. The smallest absolute Gasteiger partial charge is 0.426 e. The van der Waals surface area contributed by atoms with Crippen LogP contribution in [0, 0.1) is 0 Å². The number of nitrogens with one attached hydrogen (secondary N) is 2. The van der Waals surface area contributed by atoms with Gasteiger partial charge in [-0.2, -0.15) is 0 Å². The molecule has 0 fully saturated rings. The van der Waals surface area contributed by atoms with Gasteiger partial charge < -0.3 is 4.74 Å². The Bertz CT molecular complexity index is 383. The summed E-state index contributed by atoms with van der Waals surface area (Å²) in [6, 6.07) is 4.88. The molecule has 1 rings (SSSR count). The molecule has 0 unspecified atom stereocenters. The first-order valence-corrected chi connectivity index (χ1v) is 5.42. The summed E-state index contributed by atoms with van der Waals surface area (Å²) < 4.78 is 4.85. The molecule has 0 heterocycles. The predicted molar refractivity (Wildman–Crippen MR) is 64.8 cm³/mol. The second-order valence-corrected chi connectivity index (χ2v) is 4.17. The van der Waals surface area contributed by atoms with Crippen LogP contribution in [0.1, 0.15) is 13.8 Å². The molecule has 4 nitrogen and oxygen atoms in total. The monoisotopic (exact) mass is 262 g/mol. The summed E-state index contributed by atoms with van der Waals surface area (Å²) in [6.07, 6.45) is -0.761. The van der Waals surface area contributed by atoms with E-state index in [1.807, 2.05) is 0 Å². The van der Waals surface area contributed by atoms with Crippen LogP contribution in [0.5, 0.6) is 0 Å². The number of hydrazine groups is 1. The third kappa shape index (κ3) is 4.16. The van der Waals surface area contributed by atoms with E-state index < -0.39 is 6.09 Å². The highest BCUT2D eigenvalue weighted by atomic mass is 35.5. The van der Waals surface area contributed by atoms with Crippen molar-refractivity contribution in [1.29, 1.82) is 0 Å². The van der Waals surface area contributed by atoms with Crippen molar-refractivity contribution in [2.45, 2.75) is 20.0 Å². The molecular formula is C10H12Cl2N2O2. The summed E-state index contributed by atoms with van der Waals surface area (Å²) in [5, 5.41) is 0.972. The van der Waals surface area contributed by atoms with Crippen molar-refractivity contribution >= 4 is 35.0 Å². The summed E-state index contributed by atoms with van der Waals surface area (Å²) in [7, 11) is 0. The molecule has 0 radical (unpaired) electrons. The van der Waals surface area contributed by atoms with Crippen molar-refractivity contribution in [3.05, 3.63) is 28.2 Å². The van der Waals surface area contributed by atoms with E-state index in [4.69, 9.17) is 27.9 Å². The van der Waals surface area contributed by atoms with Gasteiger partial charge in [0.05, 0.1) is 16.8 Å². The van der Waals surface area contributed by atoms with Crippen LogP contribution in [0.2, 0.25) is 10.0 Å². The summed E-state index contributed by atoms with van der Waals surface area (Å²) in [6.45, 7) is 3.51. The molecule has 0 aromatic heterocycles. The third-order valence-corrected chi connectivity index (χ3v) is 2.14. The maximum absolute atomic E-state index is 11.2. The second kappa shape index (κ2) is 5.82. The SMILES string of the molecule is CC(C)OC(=O)NNc1cc(Cl)ccc1Cl. The van der Waals surface area contributed by atoms with Crippen LogP contribution in [0.15, 0.2) is 18.2 Å². The van der Waals surface area contributed by atoms with Gasteiger partial charge in [-0.3, -0.25) is 5.43 Å². The summed E-state index contributed by atoms with van der Waals surface area (Å²) in [5.74, 6) is 0. The number of hydrogen-bond acceptors (Lipinski definition) is 3. The molecule has 0 saturated heterocycles. The molecule has 0 aliphatic rings. The van der Waals surface area contributed by atoms with E-state index in [-0.39, 0.29) is 6.10 Å². The number of amides is 1. The fourth-order valence-electron chi connectivity index (χ4n) is 0.955. The topological polar surface area (TPSA) is 50.4 Å². The van der Waals surface area contributed by atoms with Crippen molar-refractivity contribution in [3.8, 4) is 0 Å². The van der Waals surface area contributed by atoms with E-state index in [2.05, 4.69) is 10.9 Å². The highest BCUT2D eigenvalue weighted by Crippen LogP contribution is 2.24. The van der Waals surface area contributed by atoms with Gasteiger partial charge in [0, 0.05) is 5.02 Å². The number of rotatable bonds is 3. The molecule has 0 bridgehead atoms. The van der Waals surface area contributed by atoms with Gasteiger partial charge in [-0.15, -0.1) is 0 Å². The summed E-state index contributed by atoms with van der Waals surface area (Å²) in [4.78, 5) is 11.2. The number of carbonyl (C=O) groups is 1. The fourth-order valence-corrected chi connectivity index (χ4v) is 1.29. The van der Waals surface area contributed by atoms with E-state index in [1.165, 1.54) is 0 Å². The number of carbonyl (C=O) groups excluding carboxylic acids is 1. The van der Waals surface area contributed by atoms with Crippen LogP contribution in [-0.2, 0) is 4.74 Å². The summed E-state index contributed by atoms with van der Waals surface area (Å²) >= 11 is 11.6. The molecule has 2 N–H and O–H groups in total. The molecule has 0 atom stereocenters. The van der Waals surface area contributed by atoms with Crippen molar-refractivity contribution in [2.24, 2.45) is 0 Å². The lowest BCUT2D eigenvalue weighted by atomic mass is 10.3. The zero-order valence-corrected chi connectivity index (χ0v) is 10.4. The average molecular weight is 263 g/mol. The Labute approximate surface area is 104 Å². The Morgan fingerprint density at radius 3 is 2.69 bits per heavy atom. The van der Waals surface area contributed by atoms with Crippen LogP contribution in [0.4, 0.5) is 10.5 Å². The fraction of sp³-hybridized carbons (Fsp3) is 0.300. The van der Waals surface area contributed by atoms with E-state index in [0.29, 0.717) is 15.7 Å². The maximum Gasteiger partial charge on any atom is 0.426 e. The lowest BCUT2D eigenvalue weighted by molar-refractivity contribution is 0.117.